The number of nitrogens with zero attached hydrogens (tertiary/aromatic N) is 1. The molecule has 0 spiro atoms. The number of amides is 1. The van der Waals surface area contributed by atoms with Gasteiger partial charge in [0.2, 0.25) is 5.91 Å². The zero-order valence-electron chi connectivity index (χ0n) is 9.82. The van der Waals surface area contributed by atoms with E-state index in [1.165, 1.54) is 6.92 Å². The van der Waals surface area contributed by atoms with Crippen LogP contribution in [0.15, 0.2) is 0 Å². The van der Waals surface area contributed by atoms with Gasteiger partial charge in [0.15, 0.2) is 0 Å². The smallest absolute Gasteiger partial charge is 0.303 e. The summed E-state index contributed by atoms with van der Waals surface area (Å²) < 4.78 is 0. The molecule has 0 aromatic heterocycles. The molecule has 1 unspecified atom stereocenters. The van der Waals surface area contributed by atoms with E-state index in [9.17, 15) is 9.59 Å². The van der Waals surface area contributed by atoms with E-state index in [4.69, 9.17) is 5.11 Å². The molecule has 1 saturated heterocycles. The van der Waals surface area contributed by atoms with E-state index in [1.807, 2.05) is 13.8 Å². The second-order valence-corrected chi connectivity index (χ2v) is 3.57. The van der Waals surface area contributed by atoms with E-state index >= 15 is 0 Å². The zero-order chi connectivity index (χ0) is 11.8. The maximum atomic E-state index is 11.0. The average molecular weight is 215 g/mol. The van der Waals surface area contributed by atoms with Gasteiger partial charge in [0.1, 0.15) is 0 Å². The van der Waals surface area contributed by atoms with E-state index in [2.05, 4.69) is 0 Å². The molecule has 15 heavy (non-hydrogen) atoms. The molecule has 0 saturated carbocycles. The third-order valence-electron chi connectivity index (χ3n) is 2.43. The molecule has 1 N–H and O–H groups in total. The van der Waals surface area contributed by atoms with Gasteiger partial charge in [-0.15, -0.1) is 0 Å². The Morgan fingerprint density at radius 2 is 2.00 bits per heavy atom. The van der Waals surface area contributed by atoms with Crippen LogP contribution in [0.25, 0.3) is 0 Å². The van der Waals surface area contributed by atoms with Gasteiger partial charge >= 0.3 is 5.97 Å². The van der Waals surface area contributed by atoms with Crippen LogP contribution in [-0.2, 0) is 9.59 Å². The van der Waals surface area contributed by atoms with Crippen molar-refractivity contribution in [2.45, 2.75) is 40.0 Å². The van der Waals surface area contributed by atoms with Crippen molar-refractivity contribution >= 4 is 11.9 Å². The zero-order valence-corrected chi connectivity index (χ0v) is 9.82. The minimum atomic E-state index is -0.768. The number of likely N-dealkylation sites (tertiary alicyclic amines) is 1. The van der Waals surface area contributed by atoms with E-state index in [0.29, 0.717) is 6.54 Å². The molecule has 1 heterocycles. The lowest BCUT2D eigenvalue weighted by Crippen LogP contribution is -2.39. The van der Waals surface area contributed by atoms with Gasteiger partial charge in [-0.2, -0.15) is 0 Å². The molecular weight excluding hydrogens is 194 g/mol. The van der Waals surface area contributed by atoms with Crippen LogP contribution < -0.4 is 0 Å². The highest BCUT2D eigenvalue weighted by Crippen LogP contribution is 2.19. The predicted molar refractivity (Wildman–Crippen MR) is 58.6 cm³/mol. The Bertz CT molecular complexity index is 216. The first-order valence-electron chi connectivity index (χ1n) is 5.57. The molecule has 1 fully saturated rings. The minimum absolute atomic E-state index is 0.0510. The van der Waals surface area contributed by atoms with Crippen molar-refractivity contribution < 1.29 is 14.7 Å². The highest BCUT2D eigenvalue weighted by atomic mass is 16.4. The SMILES string of the molecule is CC.CC(=O)N1CCCC(CC(=O)O)C1. The number of hydrogen-bond acceptors (Lipinski definition) is 2. The van der Waals surface area contributed by atoms with Crippen LogP contribution >= 0.6 is 0 Å². The lowest BCUT2D eigenvalue weighted by molar-refractivity contribution is -0.140. The van der Waals surface area contributed by atoms with Crippen molar-refractivity contribution in [1.29, 1.82) is 0 Å². The summed E-state index contributed by atoms with van der Waals surface area (Å²) in [6.45, 7) is 6.93. The van der Waals surface area contributed by atoms with Crippen molar-refractivity contribution in [3.05, 3.63) is 0 Å². The van der Waals surface area contributed by atoms with Gasteiger partial charge in [0.05, 0.1) is 0 Å². The maximum absolute atomic E-state index is 11.0. The number of piperidine rings is 1. The predicted octanol–water partition coefficient (Wildman–Crippen LogP) is 1.75. The van der Waals surface area contributed by atoms with Gasteiger partial charge in [-0.25, -0.2) is 0 Å². The molecule has 1 aliphatic rings. The monoisotopic (exact) mass is 215 g/mol. The second-order valence-electron chi connectivity index (χ2n) is 3.57. The van der Waals surface area contributed by atoms with E-state index in [0.717, 1.165) is 19.4 Å². The van der Waals surface area contributed by atoms with Crippen molar-refractivity contribution in [1.82, 2.24) is 4.90 Å². The number of hydrogen-bond donors (Lipinski definition) is 1. The maximum Gasteiger partial charge on any atom is 0.303 e. The highest BCUT2D eigenvalue weighted by molar-refractivity contribution is 5.73. The Morgan fingerprint density at radius 3 is 2.47 bits per heavy atom. The first-order chi connectivity index (χ1) is 7.09. The minimum Gasteiger partial charge on any atom is -0.481 e. The fraction of sp³-hybridized carbons (Fsp3) is 0.818. The van der Waals surface area contributed by atoms with Crippen LogP contribution in [0.3, 0.4) is 0 Å². The molecule has 0 aliphatic carbocycles. The Balaban J connectivity index is 0.000000921. The summed E-state index contributed by atoms with van der Waals surface area (Å²) >= 11 is 0. The summed E-state index contributed by atoms with van der Waals surface area (Å²) in [5, 5.41) is 8.59. The fourth-order valence-corrected chi connectivity index (χ4v) is 1.76. The summed E-state index contributed by atoms with van der Waals surface area (Å²) in [6.07, 6.45) is 2.04. The van der Waals surface area contributed by atoms with Crippen molar-refractivity contribution in [3.8, 4) is 0 Å². The normalized spacial score (nSPS) is 20.2. The highest BCUT2D eigenvalue weighted by Gasteiger charge is 2.22. The number of carboxylic acids is 1. The molecule has 0 radical (unpaired) electrons. The first kappa shape index (κ1) is 13.9. The van der Waals surface area contributed by atoms with Crippen LogP contribution in [0.1, 0.15) is 40.0 Å². The number of carbonyl (C=O) groups is 2. The third-order valence-corrected chi connectivity index (χ3v) is 2.43. The Kier molecular flexibility index (Phi) is 6.75. The summed E-state index contributed by atoms with van der Waals surface area (Å²) in [7, 11) is 0. The standard InChI is InChI=1S/C9H15NO3.C2H6/c1-7(11)10-4-2-3-8(6-10)5-9(12)13;1-2/h8H,2-6H2,1H3,(H,12,13);1-2H3. The molecule has 4 nitrogen and oxygen atoms in total. The number of carboxylic acid groups (broad SMARTS) is 1. The Morgan fingerprint density at radius 1 is 1.40 bits per heavy atom. The third kappa shape index (κ3) is 5.40. The van der Waals surface area contributed by atoms with E-state index < -0.39 is 5.97 Å². The van der Waals surface area contributed by atoms with Crippen molar-refractivity contribution in [3.63, 3.8) is 0 Å². The van der Waals surface area contributed by atoms with Crippen LogP contribution in [0.2, 0.25) is 0 Å². The topological polar surface area (TPSA) is 57.6 Å². The van der Waals surface area contributed by atoms with Crippen LogP contribution in [0, 0.1) is 5.92 Å². The van der Waals surface area contributed by atoms with Crippen molar-refractivity contribution in [2.24, 2.45) is 5.92 Å². The number of aliphatic carboxylic acids is 1. The Labute approximate surface area is 91.3 Å². The summed E-state index contributed by atoms with van der Waals surface area (Å²) in [5.74, 6) is -0.569. The van der Waals surface area contributed by atoms with Gasteiger partial charge < -0.3 is 10.0 Å². The van der Waals surface area contributed by atoms with Crippen LogP contribution in [-0.4, -0.2) is 35.0 Å². The fourth-order valence-electron chi connectivity index (χ4n) is 1.76. The first-order valence-corrected chi connectivity index (χ1v) is 5.57. The molecular formula is C11H21NO3. The van der Waals surface area contributed by atoms with Gasteiger partial charge in [0.25, 0.3) is 0 Å². The van der Waals surface area contributed by atoms with Gasteiger partial charge in [0, 0.05) is 26.4 Å². The quantitative estimate of drug-likeness (QED) is 0.763. The molecule has 4 heteroatoms. The summed E-state index contributed by atoms with van der Waals surface area (Å²) in [4.78, 5) is 23.2. The molecule has 0 bridgehead atoms. The largest absolute Gasteiger partial charge is 0.481 e. The summed E-state index contributed by atoms with van der Waals surface area (Å²) in [6, 6.07) is 0. The molecule has 0 aromatic rings. The molecule has 1 atom stereocenters. The second kappa shape index (κ2) is 7.26. The summed E-state index contributed by atoms with van der Waals surface area (Å²) in [5.41, 5.74) is 0. The number of rotatable bonds is 2. The van der Waals surface area contributed by atoms with Crippen LogP contribution in [0.5, 0.6) is 0 Å². The lowest BCUT2D eigenvalue weighted by Gasteiger charge is -2.31. The van der Waals surface area contributed by atoms with Gasteiger partial charge in [-0.05, 0) is 18.8 Å². The molecule has 1 amide bonds. The number of carbonyl (C=O) groups excluding carboxylic acids is 1. The Hall–Kier alpha value is -1.06. The van der Waals surface area contributed by atoms with Crippen LogP contribution in [0.4, 0.5) is 0 Å². The van der Waals surface area contributed by atoms with E-state index in [1.54, 1.807) is 4.90 Å². The molecule has 1 rings (SSSR count). The lowest BCUT2D eigenvalue weighted by atomic mass is 9.95. The molecule has 1 aliphatic heterocycles. The van der Waals surface area contributed by atoms with Crippen molar-refractivity contribution in [2.75, 3.05) is 13.1 Å². The average Bonchev–Trinajstić information content (AvgIpc) is 2.20. The van der Waals surface area contributed by atoms with E-state index in [-0.39, 0.29) is 18.2 Å². The molecule has 0 aromatic carbocycles. The van der Waals surface area contributed by atoms with Gasteiger partial charge in [-0.3, -0.25) is 9.59 Å². The van der Waals surface area contributed by atoms with Gasteiger partial charge in [-0.1, -0.05) is 13.8 Å². The molecule has 88 valence electrons.